The van der Waals surface area contributed by atoms with Crippen LogP contribution in [0.4, 0.5) is 0 Å². The summed E-state index contributed by atoms with van der Waals surface area (Å²) in [5.74, 6) is 1.55. The van der Waals surface area contributed by atoms with E-state index < -0.39 is 0 Å². The Morgan fingerprint density at radius 2 is 1.83 bits per heavy atom. The predicted octanol–water partition coefficient (Wildman–Crippen LogP) is 1.82. The first-order chi connectivity index (χ1) is 13.8. The van der Waals surface area contributed by atoms with Gasteiger partial charge in [0.05, 0.1) is 11.6 Å². The average Bonchev–Trinajstić information content (AvgIpc) is 3.34. The normalized spacial score (nSPS) is 18.7. The number of aromatic nitrogens is 2. The Labute approximate surface area is 170 Å². The molecule has 0 spiro atoms. The summed E-state index contributed by atoms with van der Waals surface area (Å²) in [6, 6.07) is 3.99. The second kappa shape index (κ2) is 7.67. The lowest BCUT2D eigenvalue weighted by atomic mass is 10.1. The first-order valence-corrected chi connectivity index (χ1v) is 10.3. The molecule has 156 valence electrons. The van der Waals surface area contributed by atoms with Gasteiger partial charge in [0.15, 0.2) is 5.82 Å². The summed E-state index contributed by atoms with van der Waals surface area (Å²) in [5.41, 5.74) is 2.50. The van der Waals surface area contributed by atoms with E-state index >= 15 is 0 Å². The molecule has 2 amide bonds. The van der Waals surface area contributed by atoms with E-state index in [9.17, 15) is 9.59 Å². The Balaban J connectivity index is 1.41. The molecule has 1 aliphatic heterocycles. The van der Waals surface area contributed by atoms with Gasteiger partial charge in [0.2, 0.25) is 5.91 Å². The highest BCUT2D eigenvalue weighted by molar-refractivity contribution is 5.96. The maximum absolute atomic E-state index is 13.2. The Bertz CT molecular complexity index is 919. The number of nitrogens with zero attached hydrogens (tertiary/aromatic N) is 4. The number of aryl methyl sites for hydroxylation is 2. The van der Waals surface area contributed by atoms with Crippen LogP contribution in [0.15, 0.2) is 16.7 Å². The molecule has 0 bridgehead atoms. The molecule has 1 atom stereocenters. The molecule has 8 heteroatoms. The van der Waals surface area contributed by atoms with Crippen LogP contribution in [-0.2, 0) is 4.79 Å². The van der Waals surface area contributed by atoms with Crippen molar-refractivity contribution < 1.29 is 14.1 Å². The number of carbonyl (C=O) groups excluding carboxylic acids is 2. The smallest absolute Gasteiger partial charge is 0.255 e. The van der Waals surface area contributed by atoms with Gasteiger partial charge in [-0.25, -0.2) is 0 Å². The number of carbonyl (C=O) groups is 2. The molecule has 2 aromatic heterocycles. The molecule has 1 aliphatic carbocycles. The molecule has 8 nitrogen and oxygen atoms in total. The maximum Gasteiger partial charge on any atom is 0.255 e. The molecule has 1 N–H and O–H groups in total. The van der Waals surface area contributed by atoms with Gasteiger partial charge in [-0.15, -0.1) is 0 Å². The molecule has 4 rings (SSSR count). The fourth-order valence-electron chi connectivity index (χ4n) is 3.99. The van der Waals surface area contributed by atoms with Gasteiger partial charge in [-0.1, -0.05) is 5.16 Å². The number of hydrogen-bond donors (Lipinski definition) is 1. The van der Waals surface area contributed by atoms with Gasteiger partial charge in [0.25, 0.3) is 5.91 Å². The monoisotopic (exact) mass is 399 g/mol. The van der Waals surface area contributed by atoms with E-state index in [0.29, 0.717) is 43.6 Å². The van der Waals surface area contributed by atoms with Crippen molar-refractivity contribution in [2.45, 2.75) is 52.6 Å². The van der Waals surface area contributed by atoms with Gasteiger partial charge in [-0.2, -0.15) is 0 Å². The average molecular weight is 399 g/mol. The van der Waals surface area contributed by atoms with Crippen LogP contribution >= 0.6 is 0 Å². The molecule has 1 saturated carbocycles. The standard InChI is InChI=1S/C21H29N5O3/c1-13-11-18(15(3)26(13)19-12-14(2)29-23-19)21(28)25-9-7-24(8-10-25)16(4)20(27)22-17-5-6-17/h11-12,16-17H,5-10H2,1-4H3,(H,22,27). The lowest BCUT2D eigenvalue weighted by Gasteiger charge is -2.37. The second-order valence-electron chi connectivity index (χ2n) is 8.20. The number of piperazine rings is 1. The van der Waals surface area contributed by atoms with E-state index in [-0.39, 0.29) is 17.9 Å². The Kier molecular flexibility index (Phi) is 5.21. The SMILES string of the molecule is Cc1cc(-n2c(C)cc(C(=O)N3CCN(C(C)C(=O)NC4CC4)CC3)c2C)no1. The Morgan fingerprint density at radius 1 is 1.14 bits per heavy atom. The molecule has 2 aromatic rings. The van der Waals surface area contributed by atoms with Crippen LogP contribution < -0.4 is 5.32 Å². The summed E-state index contributed by atoms with van der Waals surface area (Å²) in [7, 11) is 0. The van der Waals surface area contributed by atoms with Crippen LogP contribution in [0.25, 0.3) is 5.82 Å². The van der Waals surface area contributed by atoms with Crippen LogP contribution in [0.3, 0.4) is 0 Å². The van der Waals surface area contributed by atoms with E-state index in [1.807, 2.05) is 49.3 Å². The highest BCUT2D eigenvalue weighted by Crippen LogP contribution is 2.23. The highest BCUT2D eigenvalue weighted by Gasteiger charge is 2.32. The summed E-state index contributed by atoms with van der Waals surface area (Å²) < 4.78 is 7.14. The minimum Gasteiger partial charge on any atom is -0.360 e. The number of amides is 2. The topological polar surface area (TPSA) is 83.6 Å². The summed E-state index contributed by atoms with van der Waals surface area (Å²) >= 11 is 0. The van der Waals surface area contributed by atoms with Crippen molar-refractivity contribution in [3.05, 3.63) is 34.8 Å². The first kappa shape index (κ1) is 19.7. The van der Waals surface area contributed by atoms with E-state index in [2.05, 4.69) is 15.4 Å². The molecule has 1 unspecified atom stereocenters. The van der Waals surface area contributed by atoms with E-state index in [0.717, 1.165) is 30.0 Å². The number of rotatable bonds is 5. The minimum atomic E-state index is -0.159. The third-order valence-electron chi connectivity index (χ3n) is 5.96. The van der Waals surface area contributed by atoms with Crippen LogP contribution in [-0.4, -0.2) is 69.6 Å². The first-order valence-electron chi connectivity index (χ1n) is 10.3. The zero-order chi connectivity index (χ0) is 20.7. The van der Waals surface area contributed by atoms with Crippen molar-refractivity contribution in [3.8, 4) is 5.82 Å². The van der Waals surface area contributed by atoms with E-state index in [1.165, 1.54) is 0 Å². The summed E-state index contributed by atoms with van der Waals surface area (Å²) in [6.07, 6.45) is 2.18. The third-order valence-corrected chi connectivity index (χ3v) is 5.96. The number of hydrogen-bond acceptors (Lipinski definition) is 5. The van der Waals surface area contributed by atoms with Crippen LogP contribution in [0.2, 0.25) is 0 Å². The van der Waals surface area contributed by atoms with Crippen LogP contribution in [0.5, 0.6) is 0 Å². The zero-order valence-electron chi connectivity index (χ0n) is 17.6. The molecular weight excluding hydrogens is 370 g/mol. The quantitative estimate of drug-likeness (QED) is 0.829. The van der Waals surface area contributed by atoms with Crippen molar-refractivity contribution in [2.75, 3.05) is 26.2 Å². The fraction of sp³-hybridized carbons (Fsp3) is 0.571. The van der Waals surface area contributed by atoms with E-state index in [4.69, 9.17) is 4.52 Å². The van der Waals surface area contributed by atoms with Gasteiger partial charge in [-0.05, 0) is 46.6 Å². The van der Waals surface area contributed by atoms with Crippen molar-refractivity contribution in [3.63, 3.8) is 0 Å². The van der Waals surface area contributed by atoms with Gasteiger partial charge < -0.3 is 14.7 Å². The maximum atomic E-state index is 13.2. The largest absolute Gasteiger partial charge is 0.360 e. The van der Waals surface area contributed by atoms with Crippen molar-refractivity contribution in [1.29, 1.82) is 0 Å². The van der Waals surface area contributed by atoms with Crippen LogP contribution in [0.1, 0.15) is 47.3 Å². The Morgan fingerprint density at radius 3 is 2.41 bits per heavy atom. The van der Waals surface area contributed by atoms with Crippen LogP contribution in [0, 0.1) is 20.8 Å². The fourth-order valence-corrected chi connectivity index (χ4v) is 3.99. The highest BCUT2D eigenvalue weighted by atomic mass is 16.5. The second-order valence-corrected chi connectivity index (χ2v) is 8.20. The van der Waals surface area contributed by atoms with Crippen molar-refractivity contribution in [2.24, 2.45) is 0 Å². The third kappa shape index (κ3) is 3.94. The van der Waals surface area contributed by atoms with E-state index in [1.54, 1.807) is 0 Å². The van der Waals surface area contributed by atoms with Gasteiger partial charge in [0.1, 0.15) is 5.76 Å². The molecular formula is C21H29N5O3. The van der Waals surface area contributed by atoms with Crippen molar-refractivity contribution >= 4 is 11.8 Å². The summed E-state index contributed by atoms with van der Waals surface area (Å²) in [6.45, 7) is 10.3. The van der Waals surface area contributed by atoms with Gasteiger partial charge >= 0.3 is 0 Å². The van der Waals surface area contributed by atoms with Gasteiger partial charge in [-0.3, -0.25) is 19.1 Å². The van der Waals surface area contributed by atoms with Crippen molar-refractivity contribution in [1.82, 2.24) is 24.8 Å². The molecule has 3 heterocycles. The lowest BCUT2D eigenvalue weighted by molar-refractivity contribution is -0.126. The predicted molar refractivity (Wildman–Crippen MR) is 108 cm³/mol. The molecule has 29 heavy (non-hydrogen) atoms. The molecule has 0 radical (unpaired) electrons. The summed E-state index contributed by atoms with van der Waals surface area (Å²) in [4.78, 5) is 29.5. The summed E-state index contributed by atoms with van der Waals surface area (Å²) in [5, 5.41) is 7.15. The Hall–Kier alpha value is -2.61. The molecule has 2 aliphatic rings. The lowest BCUT2D eigenvalue weighted by Crippen LogP contribution is -2.55. The number of nitrogens with one attached hydrogen (secondary N) is 1. The molecule has 2 fully saturated rings. The molecule has 1 saturated heterocycles. The van der Waals surface area contributed by atoms with Gasteiger partial charge in [0, 0.05) is 49.7 Å². The molecule has 0 aromatic carbocycles. The zero-order valence-corrected chi connectivity index (χ0v) is 17.6. The minimum absolute atomic E-state index is 0.0271.